The molecule has 0 unspecified atom stereocenters. The Morgan fingerprint density at radius 3 is 2.38 bits per heavy atom. The number of nitrogens with zero attached hydrogens (tertiary/aromatic N) is 1. The minimum atomic E-state index is -0.115. The van der Waals surface area contributed by atoms with Crippen LogP contribution in [-0.2, 0) is 6.61 Å². The molecule has 0 aliphatic heterocycles. The number of benzene rings is 2. The zero-order chi connectivity index (χ0) is 15.1. The molecule has 1 N–H and O–H groups in total. The molecule has 2 amide bonds. The van der Waals surface area contributed by atoms with Gasteiger partial charge in [-0.2, -0.15) is 0 Å². The maximum atomic E-state index is 11.7. The van der Waals surface area contributed by atoms with Gasteiger partial charge in [0.2, 0.25) is 0 Å². The molecule has 110 valence electrons. The lowest BCUT2D eigenvalue weighted by atomic mass is 10.2. The maximum absolute atomic E-state index is 11.7. The zero-order valence-electron chi connectivity index (χ0n) is 12.4. The number of rotatable bonds is 5. The lowest BCUT2D eigenvalue weighted by Gasteiger charge is -2.15. The quantitative estimate of drug-likeness (QED) is 0.908. The molecule has 4 heteroatoms. The summed E-state index contributed by atoms with van der Waals surface area (Å²) in [4.78, 5) is 13.3. The van der Waals surface area contributed by atoms with Crippen LogP contribution in [0.25, 0.3) is 0 Å². The van der Waals surface area contributed by atoms with E-state index in [-0.39, 0.29) is 6.03 Å². The summed E-state index contributed by atoms with van der Waals surface area (Å²) in [5.74, 6) is 0.778. The first-order valence-corrected chi connectivity index (χ1v) is 6.98. The molecule has 0 fully saturated rings. The molecule has 0 radical (unpaired) electrons. The molecule has 0 aliphatic carbocycles. The molecule has 0 saturated heterocycles. The third kappa shape index (κ3) is 4.53. The van der Waals surface area contributed by atoms with E-state index in [9.17, 15) is 4.79 Å². The van der Waals surface area contributed by atoms with E-state index in [1.807, 2.05) is 61.5 Å². The van der Waals surface area contributed by atoms with E-state index in [1.54, 1.807) is 11.9 Å². The molecule has 0 aliphatic rings. The predicted octanol–water partition coefficient (Wildman–Crippen LogP) is 3.75. The van der Waals surface area contributed by atoms with Gasteiger partial charge in [-0.3, -0.25) is 0 Å². The third-order valence-electron chi connectivity index (χ3n) is 3.17. The van der Waals surface area contributed by atoms with E-state index in [0.717, 1.165) is 17.0 Å². The number of carbonyl (C=O) groups excluding carboxylic acids is 1. The molecular formula is C17H20N2O2. The highest BCUT2D eigenvalue weighted by Gasteiger charge is 2.06. The lowest BCUT2D eigenvalue weighted by molar-refractivity contribution is 0.224. The van der Waals surface area contributed by atoms with Crippen LogP contribution in [0.1, 0.15) is 12.5 Å². The molecule has 0 aromatic heterocycles. The average molecular weight is 284 g/mol. The Balaban J connectivity index is 1.88. The number of ether oxygens (including phenoxy) is 1. The monoisotopic (exact) mass is 284 g/mol. The molecule has 4 nitrogen and oxygen atoms in total. The van der Waals surface area contributed by atoms with Crippen LogP contribution in [0.3, 0.4) is 0 Å². The number of amides is 2. The molecule has 0 saturated carbocycles. The SMILES string of the molecule is CCN(C)C(=O)Nc1ccc(OCc2ccccc2)cc1. The molecule has 2 aromatic rings. The summed E-state index contributed by atoms with van der Waals surface area (Å²) in [5, 5.41) is 2.83. The maximum Gasteiger partial charge on any atom is 0.321 e. The first-order chi connectivity index (χ1) is 10.2. The van der Waals surface area contributed by atoms with Crippen LogP contribution in [0.2, 0.25) is 0 Å². The van der Waals surface area contributed by atoms with Crippen molar-refractivity contribution in [3.63, 3.8) is 0 Å². The molecule has 21 heavy (non-hydrogen) atoms. The number of nitrogens with one attached hydrogen (secondary N) is 1. The summed E-state index contributed by atoms with van der Waals surface area (Å²) >= 11 is 0. The first kappa shape index (κ1) is 14.9. The fourth-order valence-electron chi connectivity index (χ4n) is 1.74. The van der Waals surface area contributed by atoms with Gasteiger partial charge in [-0.05, 0) is 36.8 Å². The summed E-state index contributed by atoms with van der Waals surface area (Å²) in [6, 6.07) is 17.3. The van der Waals surface area contributed by atoms with Gasteiger partial charge in [-0.25, -0.2) is 4.79 Å². The minimum absolute atomic E-state index is 0.115. The Hall–Kier alpha value is -2.49. The van der Waals surface area contributed by atoms with Gasteiger partial charge in [0, 0.05) is 19.3 Å². The molecule has 0 spiro atoms. The van der Waals surface area contributed by atoms with Crippen LogP contribution >= 0.6 is 0 Å². The summed E-state index contributed by atoms with van der Waals surface area (Å²) in [7, 11) is 1.76. The van der Waals surface area contributed by atoms with Gasteiger partial charge >= 0.3 is 6.03 Å². The van der Waals surface area contributed by atoms with Gasteiger partial charge in [0.1, 0.15) is 12.4 Å². The molecule has 2 rings (SSSR count). The molecule has 0 atom stereocenters. The van der Waals surface area contributed by atoms with E-state index < -0.39 is 0 Å². The molecule has 0 heterocycles. The van der Waals surface area contributed by atoms with Gasteiger partial charge in [0.05, 0.1) is 0 Å². The third-order valence-corrected chi connectivity index (χ3v) is 3.17. The highest BCUT2D eigenvalue weighted by molar-refractivity contribution is 5.89. The second-order valence-corrected chi connectivity index (χ2v) is 4.74. The largest absolute Gasteiger partial charge is 0.489 e. The number of hydrogen-bond acceptors (Lipinski definition) is 2. The van der Waals surface area contributed by atoms with Gasteiger partial charge in [-0.15, -0.1) is 0 Å². The van der Waals surface area contributed by atoms with Crippen molar-refractivity contribution in [1.29, 1.82) is 0 Å². The Bertz CT molecular complexity index is 567. The van der Waals surface area contributed by atoms with Gasteiger partial charge in [-0.1, -0.05) is 30.3 Å². The second kappa shape index (κ2) is 7.33. The summed E-state index contributed by atoms with van der Waals surface area (Å²) < 4.78 is 5.70. The van der Waals surface area contributed by atoms with Crippen LogP contribution in [0.5, 0.6) is 5.75 Å². The van der Waals surface area contributed by atoms with Gasteiger partial charge in [0.25, 0.3) is 0 Å². The van der Waals surface area contributed by atoms with Gasteiger partial charge < -0.3 is 15.0 Å². The highest BCUT2D eigenvalue weighted by Crippen LogP contribution is 2.17. The fraction of sp³-hybridized carbons (Fsp3) is 0.235. The Kier molecular flexibility index (Phi) is 5.21. The van der Waals surface area contributed by atoms with E-state index in [2.05, 4.69) is 5.32 Å². The van der Waals surface area contributed by atoms with Gasteiger partial charge in [0.15, 0.2) is 0 Å². The summed E-state index contributed by atoms with van der Waals surface area (Å²) in [6.07, 6.45) is 0. The van der Waals surface area contributed by atoms with E-state index in [1.165, 1.54) is 0 Å². The Labute approximate surface area is 125 Å². The normalized spacial score (nSPS) is 10.0. The second-order valence-electron chi connectivity index (χ2n) is 4.74. The van der Waals surface area contributed by atoms with E-state index >= 15 is 0 Å². The Morgan fingerprint density at radius 2 is 1.76 bits per heavy atom. The van der Waals surface area contributed by atoms with Crippen molar-refractivity contribution in [2.24, 2.45) is 0 Å². The van der Waals surface area contributed by atoms with Crippen LogP contribution in [0, 0.1) is 0 Å². The first-order valence-electron chi connectivity index (χ1n) is 6.98. The van der Waals surface area contributed by atoms with Crippen molar-refractivity contribution < 1.29 is 9.53 Å². The highest BCUT2D eigenvalue weighted by atomic mass is 16.5. The number of carbonyl (C=O) groups is 1. The van der Waals surface area contributed by atoms with Crippen molar-refractivity contribution >= 4 is 11.7 Å². The zero-order valence-corrected chi connectivity index (χ0v) is 12.4. The van der Waals surface area contributed by atoms with Crippen molar-refractivity contribution in [2.75, 3.05) is 18.9 Å². The summed E-state index contributed by atoms with van der Waals surface area (Å²) in [6.45, 7) is 3.13. The van der Waals surface area contributed by atoms with Crippen LogP contribution in [-0.4, -0.2) is 24.5 Å². The number of urea groups is 1. The minimum Gasteiger partial charge on any atom is -0.489 e. The number of hydrogen-bond donors (Lipinski definition) is 1. The number of anilines is 1. The molecular weight excluding hydrogens is 264 g/mol. The fourth-order valence-corrected chi connectivity index (χ4v) is 1.74. The van der Waals surface area contributed by atoms with Crippen LogP contribution in [0.4, 0.5) is 10.5 Å². The topological polar surface area (TPSA) is 41.6 Å². The van der Waals surface area contributed by atoms with Crippen LogP contribution < -0.4 is 10.1 Å². The molecule has 0 bridgehead atoms. The van der Waals surface area contributed by atoms with Crippen molar-refractivity contribution in [2.45, 2.75) is 13.5 Å². The smallest absolute Gasteiger partial charge is 0.321 e. The Morgan fingerprint density at radius 1 is 1.10 bits per heavy atom. The van der Waals surface area contributed by atoms with Crippen molar-refractivity contribution in [3.05, 3.63) is 60.2 Å². The summed E-state index contributed by atoms with van der Waals surface area (Å²) in [5.41, 5.74) is 1.88. The van der Waals surface area contributed by atoms with Crippen molar-refractivity contribution in [3.8, 4) is 5.75 Å². The molecule has 2 aromatic carbocycles. The van der Waals surface area contributed by atoms with Crippen molar-refractivity contribution in [1.82, 2.24) is 4.90 Å². The predicted molar refractivity (Wildman–Crippen MR) is 84.5 cm³/mol. The van der Waals surface area contributed by atoms with E-state index in [0.29, 0.717) is 13.2 Å². The lowest BCUT2D eigenvalue weighted by Crippen LogP contribution is -2.30. The standard InChI is InChI=1S/C17H20N2O2/c1-3-19(2)17(20)18-15-9-11-16(12-10-15)21-13-14-7-5-4-6-8-14/h4-12H,3,13H2,1-2H3,(H,18,20). The average Bonchev–Trinajstić information content (AvgIpc) is 2.54. The van der Waals surface area contributed by atoms with Crippen LogP contribution in [0.15, 0.2) is 54.6 Å². The van der Waals surface area contributed by atoms with E-state index in [4.69, 9.17) is 4.74 Å².